The molecule has 3 heteroatoms. The van der Waals surface area contributed by atoms with Crippen LogP contribution in [0.2, 0.25) is 0 Å². The number of rotatable bonds is 2. The molecule has 1 atom stereocenters. The Kier molecular flexibility index (Phi) is 2.03. The van der Waals surface area contributed by atoms with Crippen LogP contribution in [0.3, 0.4) is 0 Å². The Hall–Kier alpha value is -0.600. The second kappa shape index (κ2) is 2.80. The number of nitrogens with one attached hydrogen (secondary N) is 1. The SMILES string of the molecule is CC(C)CC1CN=NN1. The summed E-state index contributed by atoms with van der Waals surface area (Å²) in [7, 11) is 0. The monoisotopic (exact) mass is 127 g/mol. The van der Waals surface area contributed by atoms with E-state index in [9.17, 15) is 0 Å². The molecule has 0 bridgehead atoms. The fourth-order valence-corrected chi connectivity index (χ4v) is 0.999. The Morgan fingerprint density at radius 1 is 1.67 bits per heavy atom. The zero-order valence-corrected chi connectivity index (χ0v) is 5.96. The van der Waals surface area contributed by atoms with Crippen LogP contribution in [-0.4, -0.2) is 12.6 Å². The first-order valence-corrected chi connectivity index (χ1v) is 3.41. The molecule has 0 saturated carbocycles. The summed E-state index contributed by atoms with van der Waals surface area (Å²) >= 11 is 0. The zero-order chi connectivity index (χ0) is 6.69. The highest BCUT2D eigenvalue weighted by Crippen LogP contribution is 2.07. The van der Waals surface area contributed by atoms with Crippen molar-refractivity contribution in [2.45, 2.75) is 26.3 Å². The molecule has 1 heterocycles. The van der Waals surface area contributed by atoms with Crippen molar-refractivity contribution in [2.24, 2.45) is 16.3 Å². The van der Waals surface area contributed by atoms with E-state index < -0.39 is 0 Å². The lowest BCUT2D eigenvalue weighted by atomic mass is 10.1. The van der Waals surface area contributed by atoms with Crippen LogP contribution in [-0.2, 0) is 0 Å². The van der Waals surface area contributed by atoms with Gasteiger partial charge in [0.2, 0.25) is 0 Å². The van der Waals surface area contributed by atoms with Gasteiger partial charge in [-0.05, 0) is 12.3 Å². The van der Waals surface area contributed by atoms with Crippen molar-refractivity contribution >= 4 is 0 Å². The van der Waals surface area contributed by atoms with Gasteiger partial charge in [-0.3, -0.25) is 5.43 Å². The molecule has 0 aromatic rings. The molecule has 3 nitrogen and oxygen atoms in total. The van der Waals surface area contributed by atoms with Gasteiger partial charge in [0, 0.05) is 0 Å². The fraction of sp³-hybridized carbons (Fsp3) is 1.00. The molecule has 52 valence electrons. The van der Waals surface area contributed by atoms with E-state index in [4.69, 9.17) is 0 Å². The fourth-order valence-electron chi connectivity index (χ4n) is 0.999. The number of hydrogen-bond acceptors (Lipinski definition) is 3. The van der Waals surface area contributed by atoms with Crippen LogP contribution in [0, 0.1) is 5.92 Å². The van der Waals surface area contributed by atoms with E-state index in [0.717, 1.165) is 12.5 Å². The summed E-state index contributed by atoms with van der Waals surface area (Å²) in [6.45, 7) is 5.28. The molecule has 0 saturated heterocycles. The van der Waals surface area contributed by atoms with Crippen molar-refractivity contribution in [1.82, 2.24) is 5.43 Å². The minimum atomic E-state index is 0.505. The Morgan fingerprint density at radius 3 is 2.89 bits per heavy atom. The van der Waals surface area contributed by atoms with Crippen molar-refractivity contribution < 1.29 is 0 Å². The summed E-state index contributed by atoms with van der Waals surface area (Å²) in [5.41, 5.74) is 2.95. The number of nitrogens with zero attached hydrogens (tertiary/aromatic N) is 2. The molecule has 9 heavy (non-hydrogen) atoms. The Bertz CT molecular complexity index is 101. The average Bonchev–Trinajstić information content (AvgIpc) is 2.15. The normalized spacial score (nSPS) is 25.0. The van der Waals surface area contributed by atoms with Gasteiger partial charge in [0.05, 0.1) is 12.6 Å². The molecule has 0 aromatic heterocycles. The van der Waals surface area contributed by atoms with Gasteiger partial charge in [-0.1, -0.05) is 19.1 Å². The second-order valence-electron chi connectivity index (χ2n) is 2.88. The highest BCUT2D eigenvalue weighted by atomic mass is 15.5. The summed E-state index contributed by atoms with van der Waals surface area (Å²) in [4.78, 5) is 0. The molecule has 0 aromatic carbocycles. The second-order valence-corrected chi connectivity index (χ2v) is 2.88. The van der Waals surface area contributed by atoms with Crippen molar-refractivity contribution in [3.8, 4) is 0 Å². The Balaban J connectivity index is 2.14. The van der Waals surface area contributed by atoms with Crippen LogP contribution in [0.15, 0.2) is 10.3 Å². The summed E-state index contributed by atoms with van der Waals surface area (Å²) in [6.07, 6.45) is 1.17. The Labute approximate surface area is 55.5 Å². The predicted molar refractivity (Wildman–Crippen MR) is 36.1 cm³/mol. The van der Waals surface area contributed by atoms with E-state index in [0.29, 0.717) is 6.04 Å². The molecule has 0 spiro atoms. The first-order chi connectivity index (χ1) is 4.29. The minimum absolute atomic E-state index is 0.505. The molecule has 1 unspecified atom stereocenters. The summed E-state index contributed by atoms with van der Waals surface area (Å²) in [6, 6.07) is 0.505. The van der Waals surface area contributed by atoms with Gasteiger partial charge in [0.1, 0.15) is 0 Å². The average molecular weight is 127 g/mol. The van der Waals surface area contributed by atoms with Gasteiger partial charge < -0.3 is 0 Å². The molecule has 0 fully saturated rings. The molecule has 1 rings (SSSR count). The lowest BCUT2D eigenvalue weighted by Crippen LogP contribution is -2.23. The quantitative estimate of drug-likeness (QED) is 0.597. The van der Waals surface area contributed by atoms with Crippen molar-refractivity contribution in [3.05, 3.63) is 0 Å². The molecule has 1 N–H and O–H groups in total. The number of hydrogen-bond donors (Lipinski definition) is 1. The van der Waals surface area contributed by atoms with E-state index in [-0.39, 0.29) is 0 Å². The van der Waals surface area contributed by atoms with E-state index in [1.165, 1.54) is 6.42 Å². The van der Waals surface area contributed by atoms with Crippen LogP contribution in [0.25, 0.3) is 0 Å². The summed E-state index contributed by atoms with van der Waals surface area (Å²) in [5.74, 6) is 0.742. The van der Waals surface area contributed by atoms with E-state index in [2.05, 4.69) is 29.6 Å². The summed E-state index contributed by atoms with van der Waals surface area (Å²) in [5, 5.41) is 7.52. The third-order valence-electron chi connectivity index (χ3n) is 1.37. The van der Waals surface area contributed by atoms with Gasteiger partial charge in [-0.2, -0.15) is 5.11 Å². The van der Waals surface area contributed by atoms with E-state index in [1.807, 2.05) is 0 Å². The maximum atomic E-state index is 3.83. The van der Waals surface area contributed by atoms with Gasteiger partial charge in [0.15, 0.2) is 0 Å². The van der Waals surface area contributed by atoms with Crippen LogP contribution in [0.5, 0.6) is 0 Å². The molecule has 1 aliphatic heterocycles. The Morgan fingerprint density at radius 2 is 2.44 bits per heavy atom. The van der Waals surface area contributed by atoms with E-state index >= 15 is 0 Å². The molecule has 0 radical (unpaired) electrons. The standard InChI is InChI=1S/C6H13N3/c1-5(2)3-6-4-7-9-8-6/h5-6H,3-4H2,1-2H3,(H,7,8). The lowest BCUT2D eigenvalue weighted by Gasteiger charge is -2.09. The molecular weight excluding hydrogens is 114 g/mol. The third kappa shape index (κ3) is 2.00. The van der Waals surface area contributed by atoms with Gasteiger partial charge in [0.25, 0.3) is 0 Å². The van der Waals surface area contributed by atoms with Crippen LogP contribution < -0.4 is 5.43 Å². The lowest BCUT2D eigenvalue weighted by molar-refractivity contribution is 0.467. The highest BCUT2D eigenvalue weighted by Gasteiger charge is 2.12. The smallest absolute Gasteiger partial charge is 0.0838 e. The molecular formula is C6H13N3. The van der Waals surface area contributed by atoms with Crippen LogP contribution in [0.4, 0.5) is 0 Å². The first-order valence-electron chi connectivity index (χ1n) is 3.41. The first kappa shape index (κ1) is 6.52. The largest absolute Gasteiger partial charge is 0.287 e. The van der Waals surface area contributed by atoms with E-state index in [1.54, 1.807) is 0 Å². The van der Waals surface area contributed by atoms with Gasteiger partial charge in [-0.25, -0.2) is 0 Å². The molecule has 1 aliphatic rings. The topological polar surface area (TPSA) is 36.8 Å². The highest BCUT2D eigenvalue weighted by molar-refractivity contribution is 4.71. The van der Waals surface area contributed by atoms with Gasteiger partial charge >= 0.3 is 0 Å². The molecule has 0 amide bonds. The maximum absolute atomic E-state index is 3.83. The minimum Gasteiger partial charge on any atom is -0.287 e. The van der Waals surface area contributed by atoms with Crippen molar-refractivity contribution in [3.63, 3.8) is 0 Å². The molecule has 0 aliphatic carbocycles. The van der Waals surface area contributed by atoms with Crippen molar-refractivity contribution in [2.75, 3.05) is 6.54 Å². The van der Waals surface area contributed by atoms with Crippen LogP contribution >= 0.6 is 0 Å². The predicted octanol–water partition coefficient (Wildman–Crippen LogP) is 1.37. The zero-order valence-electron chi connectivity index (χ0n) is 5.96. The van der Waals surface area contributed by atoms with Gasteiger partial charge in [-0.15, -0.1) is 0 Å². The van der Waals surface area contributed by atoms with Crippen LogP contribution in [0.1, 0.15) is 20.3 Å². The summed E-state index contributed by atoms with van der Waals surface area (Å²) < 4.78 is 0. The third-order valence-corrected chi connectivity index (χ3v) is 1.37. The van der Waals surface area contributed by atoms with Crippen molar-refractivity contribution in [1.29, 1.82) is 0 Å². The maximum Gasteiger partial charge on any atom is 0.0838 e.